The number of benzene rings is 12. The fraction of sp³-hybridized carbons (Fsp3) is 0.0588. The van der Waals surface area contributed by atoms with Gasteiger partial charge in [-0.3, -0.25) is 0 Å². The summed E-state index contributed by atoms with van der Waals surface area (Å²) in [5, 5.41) is 15.1. The molecule has 0 aliphatic rings. The Labute approximate surface area is 406 Å². The van der Waals surface area contributed by atoms with Crippen LogP contribution in [0.3, 0.4) is 0 Å². The molecule has 14 aromatic rings. The van der Waals surface area contributed by atoms with Gasteiger partial charge in [0.2, 0.25) is 0 Å². The van der Waals surface area contributed by atoms with Crippen molar-refractivity contribution < 1.29 is 0 Å². The van der Waals surface area contributed by atoms with Gasteiger partial charge in [0, 0.05) is 56.8 Å². The summed E-state index contributed by atoms with van der Waals surface area (Å²) in [6, 6.07) is 86.5. The zero-order chi connectivity index (χ0) is 46.5. The Bertz CT molecular complexity index is 4140. The molecule has 0 saturated carbocycles. The van der Waals surface area contributed by atoms with E-state index in [4.69, 9.17) is 0 Å². The van der Waals surface area contributed by atoms with Crippen LogP contribution in [0.5, 0.6) is 0 Å². The van der Waals surface area contributed by atoms with Crippen LogP contribution in [0.2, 0.25) is 0 Å². The number of rotatable bonds is 7. The van der Waals surface area contributed by atoms with Crippen molar-refractivity contribution in [1.82, 2.24) is 9.13 Å². The number of nitrogens with zero attached hydrogens (tertiary/aromatic N) is 2. The van der Waals surface area contributed by atoms with Crippen LogP contribution in [0, 0.1) is 0 Å². The summed E-state index contributed by atoms with van der Waals surface area (Å²) in [7, 11) is 0. The van der Waals surface area contributed by atoms with Crippen LogP contribution in [-0.4, -0.2) is 9.13 Å². The van der Waals surface area contributed by atoms with E-state index in [2.05, 4.69) is 254 Å². The Hall–Kier alpha value is -8.72. The van der Waals surface area contributed by atoms with E-state index < -0.39 is 0 Å². The van der Waals surface area contributed by atoms with Gasteiger partial charge < -0.3 is 9.13 Å². The summed E-state index contributed by atoms with van der Waals surface area (Å²) in [5.41, 5.74) is 17.5. The van der Waals surface area contributed by atoms with E-state index in [-0.39, 0.29) is 0 Å². The minimum Gasteiger partial charge on any atom is -0.340 e. The van der Waals surface area contributed by atoms with Gasteiger partial charge >= 0.3 is 0 Å². The first-order chi connectivity index (χ1) is 34.7. The molecule has 2 aromatic heterocycles. The minimum atomic E-state index is 0.870. The molecule has 14 rings (SSSR count). The molecule has 0 unspecified atom stereocenters. The molecule has 0 spiro atoms. The predicted octanol–water partition coefficient (Wildman–Crippen LogP) is 18.9. The highest BCUT2D eigenvalue weighted by Crippen LogP contribution is 2.51. The second-order valence-corrected chi connectivity index (χ2v) is 18.8. The van der Waals surface area contributed by atoms with Crippen molar-refractivity contribution in [2.75, 3.05) is 0 Å². The Morgan fingerprint density at radius 2 is 0.543 bits per heavy atom. The average molecular weight is 893 g/mol. The molecule has 2 nitrogen and oxygen atoms in total. The Kier molecular flexibility index (Phi) is 9.19. The van der Waals surface area contributed by atoms with Crippen LogP contribution in [0.1, 0.15) is 13.8 Å². The monoisotopic (exact) mass is 892 g/mol. The van der Waals surface area contributed by atoms with Gasteiger partial charge in [0.05, 0.1) is 11.0 Å². The third-order valence-corrected chi connectivity index (χ3v) is 15.3. The van der Waals surface area contributed by atoms with Gasteiger partial charge in [-0.15, -0.1) is 0 Å². The fourth-order valence-corrected chi connectivity index (χ4v) is 12.4. The van der Waals surface area contributed by atoms with Crippen LogP contribution < -0.4 is 0 Å². The van der Waals surface area contributed by atoms with Gasteiger partial charge in [0.15, 0.2) is 0 Å². The first-order valence-electron chi connectivity index (χ1n) is 24.8. The number of para-hydroxylation sites is 4. The molecule has 0 N–H and O–H groups in total. The van der Waals surface area contributed by atoms with Crippen molar-refractivity contribution >= 4 is 86.7 Å². The zero-order valence-corrected chi connectivity index (χ0v) is 39.2. The molecule has 0 atom stereocenters. The second kappa shape index (κ2) is 15.9. The lowest BCUT2D eigenvalue weighted by atomic mass is 9.81. The third-order valence-electron chi connectivity index (χ3n) is 15.3. The number of aryl methyl sites for hydroxylation is 2. The van der Waals surface area contributed by atoms with Crippen LogP contribution in [0.15, 0.2) is 231 Å². The molecule has 0 radical (unpaired) electrons. The van der Waals surface area contributed by atoms with Crippen LogP contribution >= 0.6 is 0 Å². The molecule has 70 heavy (non-hydrogen) atoms. The van der Waals surface area contributed by atoms with E-state index in [9.17, 15) is 0 Å². The summed E-state index contributed by atoms with van der Waals surface area (Å²) in [6.45, 7) is 6.29. The molecule has 0 aliphatic carbocycles. The van der Waals surface area contributed by atoms with Crippen LogP contribution in [0.4, 0.5) is 0 Å². The average Bonchev–Trinajstić information content (AvgIpc) is 3.94. The number of hydrogen-bond donors (Lipinski definition) is 0. The van der Waals surface area contributed by atoms with Gasteiger partial charge in [-0.1, -0.05) is 206 Å². The standard InChI is InChI=1S/C68H48N2/c1-3-69-63-39-13-11-25-49(63)57-37-19-35-55(67(57)69)47-29-17-33-53-61(47)42-62-48(56-36-20-38-58-50-26-12-14-40-64(50)70(4-2)68(56)58)30-18-34-54(62)66(53)65-51-31-15-27-45(43-21-7-5-8-22-43)59(51)41-60-46(28-16-32-52(60)65)44-23-9-6-10-24-44/h5-42H,3-4H2,1-2H3. The van der Waals surface area contributed by atoms with Gasteiger partial charge in [-0.2, -0.15) is 0 Å². The third kappa shape index (κ3) is 5.87. The maximum atomic E-state index is 2.53. The lowest BCUT2D eigenvalue weighted by molar-refractivity contribution is 0.828. The maximum Gasteiger partial charge on any atom is 0.0571 e. The summed E-state index contributed by atoms with van der Waals surface area (Å²) >= 11 is 0. The molecule has 0 fully saturated rings. The molecule has 0 amide bonds. The molecule has 12 aromatic carbocycles. The lowest BCUT2D eigenvalue weighted by Crippen LogP contribution is -1.97. The minimum absolute atomic E-state index is 0.870. The highest BCUT2D eigenvalue weighted by Gasteiger charge is 2.24. The van der Waals surface area contributed by atoms with Crippen molar-refractivity contribution in [2.24, 2.45) is 0 Å². The van der Waals surface area contributed by atoms with Crippen molar-refractivity contribution in [3.63, 3.8) is 0 Å². The van der Waals surface area contributed by atoms with Crippen LogP contribution in [0.25, 0.3) is 142 Å². The molecule has 2 heterocycles. The first-order valence-corrected chi connectivity index (χ1v) is 24.8. The Morgan fingerprint density at radius 1 is 0.243 bits per heavy atom. The number of aromatic nitrogens is 2. The Morgan fingerprint density at radius 3 is 0.929 bits per heavy atom. The van der Waals surface area contributed by atoms with Gasteiger partial charge in [-0.05, 0) is 126 Å². The maximum absolute atomic E-state index is 2.53. The van der Waals surface area contributed by atoms with E-state index in [0.717, 1.165) is 13.1 Å². The SMILES string of the molecule is CCn1c2ccccc2c2cccc(-c3cccc4c(-c5c6cccc(-c7ccccc7)c6cc6c(-c7ccccc7)cccc56)c5cccc(-c6cccc7c8ccccc8n(CC)c67)c5cc34)c21. The molecule has 330 valence electrons. The molecule has 0 bridgehead atoms. The quantitative estimate of drug-likeness (QED) is 0.141. The van der Waals surface area contributed by atoms with E-state index in [1.54, 1.807) is 0 Å². The lowest BCUT2D eigenvalue weighted by Gasteiger charge is -2.22. The van der Waals surface area contributed by atoms with Gasteiger partial charge in [0.25, 0.3) is 0 Å². The molecular formula is C68H48N2. The highest BCUT2D eigenvalue weighted by atomic mass is 15.0. The highest BCUT2D eigenvalue weighted by molar-refractivity contribution is 6.29. The topological polar surface area (TPSA) is 9.86 Å². The molecular weight excluding hydrogens is 845 g/mol. The van der Waals surface area contributed by atoms with E-state index in [0.29, 0.717) is 0 Å². The van der Waals surface area contributed by atoms with Gasteiger partial charge in [-0.25, -0.2) is 0 Å². The normalized spacial score (nSPS) is 12.0. The molecule has 0 saturated heterocycles. The Balaban J connectivity index is 1.19. The van der Waals surface area contributed by atoms with E-state index in [1.807, 2.05) is 0 Å². The van der Waals surface area contributed by atoms with Crippen molar-refractivity contribution in [3.8, 4) is 55.6 Å². The van der Waals surface area contributed by atoms with Crippen molar-refractivity contribution in [3.05, 3.63) is 231 Å². The largest absolute Gasteiger partial charge is 0.340 e. The van der Waals surface area contributed by atoms with Crippen LogP contribution in [-0.2, 0) is 13.1 Å². The molecule has 0 aliphatic heterocycles. The summed E-state index contributed by atoms with van der Waals surface area (Å²) in [6.07, 6.45) is 0. The first kappa shape index (κ1) is 40.4. The second-order valence-electron chi connectivity index (χ2n) is 18.8. The van der Waals surface area contributed by atoms with Crippen molar-refractivity contribution in [2.45, 2.75) is 26.9 Å². The summed E-state index contributed by atoms with van der Waals surface area (Å²) in [5.74, 6) is 0. The number of fused-ring (bicyclic) bond motifs is 10. The fourth-order valence-electron chi connectivity index (χ4n) is 12.4. The van der Waals surface area contributed by atoms with E-state index >= 15 is 0 Å². The van der Waals surface area contributed by atoms with Gasteiger partial charge in [0.1, 0.15) is 0 Å². The predicted molar refractivity (Wildman–Crippen MR) is 301 cm³/mol. The van der Waals surface area contributed by atoms with Crippen molar-refractivity contribution in [1.29, 1.82) is 0 Å². The smallest absolute Gasteiger partial charge is 0.0571 e. The summed E-state index contributed by atoms with van der Waals surface area (Å²) in [4.78, 5) is 0. The molecule has 2 heteroatoms. The summed E-state index contributed by atoms with van der Waals surface area (Å²) < 4.78 is 5.04. The van der Waals surface area contributed by atoms with E-state index in [1.165, 1.54) is 142 Å². The number of hydrogen-bond acceptors (Lipinski definition) is 0. The zero-order valence-electron chi connectivity index (χ0n) is 39.2.